The molecule has 0 saturated heterocycles. The molecule has 8 nitrogen and oxygen atoms in total. The lowest BCUT2D eigenvalue weighted by Crippen LogP contribution is -2.51. The van der Waals surface area contributed by atoms with Crippen LogP contribution >= 0.6 is 0 Å². The summed E-state index contributed by atoms with van der Waals surface area (Å²) in [6, 6.07) is 21.5. The second-order valence-corrected chi connectivity index (χ2v) is 10.4. The number of rotatable bonds is 5. The van der Waals surface area contributed by atoms with E-state index in [1.54, 1.807) is 11.0 Å². The molecule has 196 valence electrons. The molecular weight excluding hydrogens is 490 g/mol. The summed E-state index contributed by atoms with van der Waals surface area (Å²) in [6.07, 6.45) is 2.75. The van der Waals surface area contributed by atoms with E-state index >= 15 is 0 Å². The Kier molecular flexibility index (Phi) is 5.83. The van der Waals surface area contributed by atoms with Crippen LogP contribution in [0.25, 0.3) is 16.6 Å². The van der Waals surface area contributed by atoms with Crippen molar-refractivity contribution in [3.8, 4) is 5.69 Å². The van der Waals surface area contributed by atoms with E-state index in [9.17, 15) is 14.7 Å². The van der Waals surface area contributed by atoms with Gasteiger partial charge in [-0.05, 0) is 75.1 Å². The molecule has 39 heavy (non-hydrogen) atoms. The van der Waals surface area contributed by atoms with Crippen molar-refractivity contribution in [3.63, 3.8) is 0 Å². The molecule has 0 radical (unpaired) electrons. The highest BCUT2D eigenvalue weighted by molar-refractivity contribution is 6.05. The minimum Gasteiger partial charge on any atom is -0.478 e. The monoisotopic (exact) mass is 519 g/mol. The zero-order chi connectivity index (χ0) is 27.3. The predicted molar refractivity (Wildman–Crippen MR) is 148 cm³/mol. The Hall–Kier alpha value is -4.72. The Morgan fingerprint density at radius 3 is 2.49 bits per heavy atom. The van der Waals surface area contributed by atoms with Gasteiger partial charge in [-0.1, -0.05) is 42.0 Å². The average molecular weight is 520 g/mol. The molecule has 8 heteroatoms. The number of carbonyl (C=O) groups excluding carboxylic acids is 1. The van der Waals surface area contributed by atoms with Crippen LogP contribution < -0.4 is 5.32 Å². The third kappa shape index (κ3) is 4.18. The van der Waals surface area contributed by atoms with Crippen molar-refractivity contribution in [1.82, 2.24) is 24.6 Å². The summed E-state index contributed by atoms with van der Waals surface area (Å²) >= 11 is 0. The van der Waals surface area contributed by atoms with E-state index in [2.05, 4.69) is 20.0 Å². The van der Waals surface area contributed by atoms with Crippen LogP contribution in [0.15, 0.2) is 73.1 Å². The molecule has 0 bridgehead atoms. The Bertz CT molecular complexity index is 1750. The fourth-order valence-electron chi connectivity index (χ4n) is 5.85. The van der Waals surface area contributed by atoms with Crippen molar-refractivity contribution in [2.45, 2.75) is 45.7 Å². The number of aryl methyl sites for hydroxylation is 3. The summed E-state index contributed by atoms with van der Waals surface area (Å²) in [6.45, 7) is 6.14. The van der Waals surface area contributed by atoms with Gasteiger partial charge in [-0.15, -0.1) is 0 Å². The Morgan fingerprint density at radius 1 is 1.00 bits per heavy atom. The highest BCUT2D eigenvalue weighted by atomic mass is 16.4. The molecule has 1 amide bonds. The van der Waals surface area contributed by atoms with Crippen molar-refractivity contribution in [2.75, 3.05) is 0 Å². The number of aromatic carboxylic acids is 1. The molecule has 0 fully saturated rings. The van der Waals surface area contributed by atoms with Crippen LogP contribution in [-0.2, 0) is 18.5 Å². The number of hydrogen-bond acceptors (Lipinski definition) is 4. The zero-order valence-electron chi connectivity index (χ0n) is 22.1. The third-order valence-electron chi connectivity index (χ3n) is 7.76. The Balaban J connectivity index is 1.41. The first-order valence-corrected chi connectivity index (χ1v) is 13.0. The maximum absolute atomic E-state index is 13.8. The smallest absolute Gasteiger partial charge is 0.338 e. The summed E-state index contributed by atoms with van der Waals surface area (Å²) < 4.78 is 3.77. The van der Waals surface area contributed by atoms with Crippen molar-refractivity contribution in [3.05, 3.63) is 112 Å². The lowest BCUT2D eigenvalue weighted by atomic mass is 9.81. The number of hydrogen-bond donors (Lipinski definition) is 2. The first kappa shape index (κ1) is 24.6. The molecule has 3 heterocycles. The molecule has 1 atom stereocenters. The first-order valence-electron chi connectivity index (χ1n) is 13.0. The highest BCUT2D eigenvalue weighted by Gasteiger charge is 2.40. The summed E-state index contributed by atoms with van der Waals surface area (Å²) in [7, 11) is 0. The topological polar surface area (TPSA) is 102 Å². The van der Waals surface area contributed by atoms with Crippen LogP contribution in [-0.4, -0.2) is 36.3 Å². The van der Waals surface area contributed by atoms with E-state index in [1.807, 2.05) is 87.5 Å². The lowest BCUT2D eigenvalue weighted by molar-refractivity contribution is 0.0693. The van der Waals surface area contributed by atoms with Crippen molar-refractivity contribution < 1.29 is 14.7 Å². The normalized spacial score (nSPS) is 16.7. The molecule has 0 spiro atoms. The molecule has 2 N–H and O–H groups in total. The van der Waals surface area contributed by atoms with E-state index in [0.29, 0.717) is 36.3 Å². The van der Waals surface area contributed by atoms with Crippen molar-refractivity contribution >= 4 is 22.8 Å². The van der Waals surface area contributed by atoms with Gasteiger partial charge in [-0.3, -0.25) is 4.79 Å². The average Bonchev–Trinajstić information content (AvgIpc) is 3.49. The Labute approximate surface area is 225 Å². The quantitative estimate of drug-likeness (QED) is 0.336. The standard InChI is InChI=1S/C31H29N5O3/c1-19-9-12-26-25(15-19)28(30(38)39)27-13-14-31(17-35(26)27,22-7-5-4-6-8-22)33-29(37)24-11-10-23(16-20(24)2)36-18-32-21(3)34-36/h4-12,15-16,18H,13-14,17H2,1-3H3,(H,33,37)(H,38,39)/t31-/m1/s1. The molecule has 0 aliphatic carbocycles. The molecule has 1 aliphatic heterocycles. The summed E-state index contributed by atoms with van der Waals surface area (Å²) in [5.41, 5.74) is 5.54. The number of nitrogens with zero attached hydrogens (tertiary/aromatic N) is 4. The van der Waals surface area contributed by atoms with Gasteiger partial charge in [0, 0.05) is 22.2 Å². The maximum atomic E-state index is 13.8. The Morgan fingerprint density at radius 2 is 1.79 bits per heavy atom. The first-order chi connectivity index (χ1) is 18.8. The number of aromatic nitrogens is 4. The van der Waals surface area contributed by atoms with E-state index < -0.39 is 11.5 Å². The number of carbonyl (C=O) groups is 2. The van der Waals surface area contributed by atoms with E-state index in [0.717, 1.165) is 39.0 Å². The van der Waals surface area contributed by atoms with Crippen LogP contribution in [0.4, 0.5) is 0 Å². The lowest BCUT2D eigenvalue weighted by Gasteiger charge is -2.40. The molecule has 0 unspecified atom stereocenters. The molecule has 0 saturated carbocycles. The number of benzene rings is 3. The van der Waals surface area contributed by atoms with Gasteiger partial charge in [0.15, 0.2) is 0 Å². The molecule has 5 aromatic rings. The van der Waals surface area contributed by atoms with Gasteiger partial charge >= 0.3 is 5.97 Å². The van der Waals surface area contributed by atoms with Crippen LogP contribution in [0, 0.1) is 20.8 Å². The summed E-state index contributed by atoms with van der Waals surface area (Å²) in [5, 5.41) is 18.6. The van der Waals surface area contributed by atoms with Gasteiger partial charge in [0.05, 0.1) is 23.3 Å². The van der Waals surface area contributed by atoms with E-state index in [1.165, 1.54) is 0 Å². The largest absolute Gasteiger partial charge is 0.478 e. The van der Waals surface area contributed by atoms with Gasteiger partial charge in [0.1, 0.15) is 12.2 Å². The van der Waals surface area contributed by atoms with Crippen LogP contribution in [0.2, 0.25) is 0 Å². The second kappa shape index (κ2) is 9.23. The second-order valence-electron chi connectivity index (χ2n) is 10.4. The van der Waals surface area contributed by atoms with Gasteiger partial charge in [-0.2, -0.15) is 5.10 Å². The van der Waals surface area contributed by atoms with Crippen molar-refractivity contribution in [1.29, 1.82) is 0 Å². The highest BCUT2D eigenvalue weighted by Crippen LogP contribution is 2.39. The van der Waals surface area contributed by atoms with Crippen molar-refractivity contribution in [2.24, 2.45) is 0 Å². The third-order valence-corrected chi connectivity index (χ3v) is 7.76. The molecule has 3 aromatic carbocycles. The van der Waals surface area contributed by atoms with Gasteiger partial charge < -0.3 is 15.0 Å². The predicted octanol–water partition coefficient (Wildman–Crippen LogP) is 5.12. The molecular formula is C31H29N5O3. The SMILES string of the molecule is Cc1ccc2c(c1)c(C(=O)O)c1n2C[C@@](NC(=O)c2ccc(-n3cnc(C)n3)cc2C)(c2ccccc2)CC1. The fourth-order valence-corrected chi connectivity index (χ4v) is 5.85. The molecule has 2 aromatic heterocycles. The zero-order valence-corrected chi connectivity index (χ0v) is 22.1. The number of nitrogens with one attached hydrogen (secondary N) is 1. The minimum absolute atomic E-state index is 0.174. The maximum Gasteiger partial charge on any atom is 0.338 e. The number of fused-ring (bicyclic) bond motifs is 3. The van der Waals surface area contributed by atoms with Crippen LogP contribution in [0.3, 0.4) is 0 Å². The molecule has 1 aliphatic rings. The van der Waals surface area contributed by atoms with Gasteiger partial charge in [0.2, 0.25) is 0 Å². The minimum atomic E-state index is -0.922. The van der Waals surface area contributed by atoms with E-state index in [4.69, 9.17) is 0 Å². The molecule has 6 rings (SSSR count). The van der Waals surface area contributed by atoms with Crippen LogP contribution in [0.5, 0.6) is 0 Å². The number of carboxylic acid groups (broad SMARTS) is 1. The van der Waals surface area contributed by atoms with Gasteiger partial charge in [-0.25, -0.2) is 14.5 Å². The number of amides is 1. The summed E-state index contributed by atoms with van der Waals surface area (Å²) in [4.78, 5) is 30.4. The fraction of sp³-hybridized carbons (Fsp3) is 0.226. The number of carboxylic acids is 1. The summed E-state index contributed by atoms with van der Waals surface area (Å²) in [5.74, 6) is -0.421. The van der Waals surface area contributed by atoms with E-state index in [-0.39, 0.29) is 5.91 Å². The van der Waals surface area contributed by atoms with Crippen LogP contribution in [0.1, 0.15) is 55.3 Å². The van der Waals surface area contributed by atoms with Gasteiger partial charge in [0.25, 0.3) is 5.91 Å².